The summed E-state index contributed by atoms with van der Waals surface area (Å²) in [5.41, 5.74) is 3.39. The molecule has 9 heteroatoms. The second kappa shape index (κ2) is 9.18. The normalized spacial score (nSPS) is 18.2. The van der Waals surface area contributed by atoms with Crippen molar-refractivity contribution in [3.8, 4) is 11.4 Å². The third-order valence-corrected chi connectivity index (χ3v) is 7.03. The second-order valence-electron chi connectivity index (χ2n) is 8.40. The van der Waals surface area contributed by atoms with Crippen LogP contribution in [0.4, 0.5) is 11.4 Å². The highest BCUT2D eigenvalue weighted by atomic mass is 32.1. The van der Waals surface area contributed by atoms with Crippen molar-refractivity contribution < 1.29 is 9.59 Å². The first-order chi connectivity index (χ1) is 16.5. The van der Waals surface area contributed by atoms with Crippen molar-refractivity contribution in [2.45, 2.75) is 25.8 Å². The van der Waals surface area contributed by atoms with Gasteiger partial charge in [0.1, 0.15) is 0 Å². The van der Waals surface area contributed by atoms with Crippen LogP contribution in [0.5, 0.6) is 0 Å². The van der Waals surface area contributed by atoms with E-state index in [9.17, 15) is 9.59 Å². The number of carbonyl (C=O) groups is 2. The topological polar surface area (TPSA) is 93.0 Å². The third kappa shape index (κ3) is 4.22. The van der Waals surface area contributed by atoms with Crippen LogP contribution in [0.1, 0.15) is 29.3 Å². The van der Waals surface area contributed by atoms with Crippen molar-refractivity contribution in [1.29, 1.82) is 0 Å². The fourth-order valence-electron chi connectivity index (χ4n) is 4.41. The minimum absolute atomic E-state index is 0.0306. The Morgan fingerprint density at radius 2 is 1.94 bits per heavy atom. The number of tetrazole rings is 1. The highest BCUT2D eigenvalue weighted by Gasteiger charge is 2.42. The summed E-state index contributed by atoms with van der Waals surface area (Å²) in [5, 5.41) is 16.7. The van der Waals surface area contributed by atoms with Gasteiger partial charge in [-0.1, -0.05) is 35.9 Å². The van der Waals surface area contributed by atoms with E-state index in [0.717, 1.165) is 21.7 Å². The Balaban J connectivity index is 1.46. The SMILES string of the molecule is Cc1ccc(N2C(=O)CCC(C(=O)Nc3cccc(-c4nnnn4C)c3)C2c2cccs2)cc1. The molecule has 1 aliphatic heterocycles. The van der Waals surface area contributed by atoms with E-state index in [4.69, 9.17) is 0 Å². The molecular weight excluding hydrogens is 448 g/mol. The van der Waals surface area contributed by atoms with Crippen LogP contribution in [0.15, 0.2) is 66.0 Å². The molecule has 8 nitrogen and oxygen atoms in total. The summed E-state index contributed by atoms with van der Waals surface area (Å²) in [5.74, 6) is 0.138. The molecule has 0 spiro atoms. The molecular formula is C25H24N6O2S. The van der Waals surface area contributed by atoms with Gasteiger partial charge in [0.15, 0.2) is 5.82 Å². The van der Waals surface area contributed by atoms with Crippen LogP contribution in [-0.4, -0.2) is 32.0 Å². The molecule has 1 fully saturated rings. The lowest BCUT2D eigenvalue weighted by atomic mass is 9.86. The number of aromatic nitrogens is 4. The first-order valence-corrected chi connectivity index (χ1v) is 11.9. The maximum absolute atomic E-state index is 13.6. The summed E-state index contributed by atoms with van der Waals surface area (Å²) in [4.78, 5) is 29.5. The molecule has 2 unspecified atom stereocenters. The van der Waals surface area contributed by atoms with E-state index in [1.165, 1.54) is 0 Å². The largest absolute Gasteiger partial charge is 0.326 e. The quantitative estimate of drug-likeness (QED) is 0.466. The van der Waals surface area contributed by atoms with Gasteiger partial charge in [-0.3, -0.25) is 9.59 Å². The zero-order valence-electron chi connectivity index (χ0n) is 18.9. The van der Waals surface area contributed by atoms with E-state index in [0.29, 0.717) is 24.4 Å². The number of anilines is 2. The van der Waals surface area contributed by atoms with Gasteiger partial charge in [0.05, 0.1) is 12.0 Å². The highest BCUT2D eigenvalue weighted by Crippen LogP contribution is 2.42. The minimum atomic E-state index is -0.391. The van der Waals surface area contributed by atoms with Gasteiger partial charge in [-0.15, -0.1) is 16.4 Å². The maximum Gasteiger partial charge on any atom is 0.229 e. The first-order valence-electron chi connectivity index (χ1n) is 11.1. The molecule has 3 heterocycles. The smallest absolute Gasteiger partial charge is 0.229 e. The molecule has 2 amide bonds. The van der Waals surface area contributed by atoms with Crippen LogP contribution < -0.4 is 10.2 Å². The summed E-state index contributed by atoms with van der Waals surface area (Å²) in [6, 6.07) is 18.9. The van der Waals surface area contributed by atoms with Gasteiger partial charge >= 0.3 is 0 Å². The number of amides is 2. The molecule has 2 aromatic carbocycles. The van der Waals surface area contributed by atoms with Gasteiger partial charge in [-0.25, -0.2) is 4.68 Å². The number of aryl methyl sites for hydroxylation is 2. The lowest BCUT2D eigenvalue weighted by molar-refractivity contribution is -0.125. The Kier molecular flexibility index (Phi) is 5.93. The highest BCUT2D eigenvalue weighted by molar-refractivity contribution is 7.10. The zero-order chi connectivity index (χ0) is 23.7. The average molecular weight is 473 g/mol. The molecule has 2 atom stereocenters. The van der Waals surface area contributed by atoms with Crippen LogP contribution in [0.3, 0.4) is 0 Å². The van der Waals surface area contributed by atoms with E-state index < -0.39 is 5.92 Å². The summed E-state index contributed by atoms with van der Waals surface area (Å²) in [6.07, 6.45) is 0.807. The Morgan fingerprint density at radius 3 is 2.65 bits per heavy atom. The molecule has 1 saturated heterocycles. The average Bonchev–Trinajstić information content (AvgIpc) is 3.52. The van der Waals surface area contributed by atoms with Crippen LogP contribution in [0.2, 0.25) is 0 Å². The van der Waals surface area contributed by atoms with Crippen molar-refractivity contribution in [3.05, 3.63) is 76.5 Å². The number of benzene rings is 2. The lowest BCUT2D eigenvalue weighted by Gasteiger charge is -2.40. The summed E-state index contributed by atoms with van der Waals surface area (Å²) < 4.78 is 1.58. The molecule has 0 aliphatic carbocycles. The molecule has 5 rings (SSSR count). The van der Waals surface area contributed by atoms with Gasteiger partial charge in [0, 0.05) is 35.3 Å². The Bertz CT molecular complexity index is 1320. The van der Waals surface area contributed by atoms with E-state index in [2.05, 4.69) is 20.8 Å². The molecule has 34 heavy (non-hydrogen) atoms. The van der Waals surface area contributed by atoms with Gasteiger partial charge in [0.2, 0.25) is 11.8 Å². The van der Waals surface area contributed by atoms with Gasteiger partial charge in [-0.05, 0) is 59.5 Å². The predicted molar refractivity (Wildman–Crippen MR) is 131 cm³/mol. The van der Waals surface area contributed by atoms with Crippen LogP contribution >= 0.6 is 11.3 Å². The summed E-state index contributed by atoms with van der Waals surface area (Å²) in [6.45, 7) is 2.01. The molecule has 172 valence electrons. The summed E-state index contributed by atoms with van der Waals surface area (Å²) >= 11 is 1.56. The number of thiophene rings is 1. The van der Waals surface area contributed by atoms with Crippen LogP contribution in [-0.2, 0) is 16.6 Å². The molecule has 1 aliphatic rings. The van der Waals surface area contributed by atoms with Crippen LogP contribution in [0.25, 0.3) is 11.4 Å². The number of carbonyl (C=O) groups excluding carboxylic acids is 2. The number of nitrogens with one attached hydrogen (secondary N) is 1. The lowest BCUT2D eigenvalue weighted by Crippen LogP contribution is -2.46. The van der Waals surface area contributed by atoms with Crippen molar-refractivity contribution in [2.24, 2.45) is 13.0 Å². The van der Waals surface area contributed by atoms with Gasteiger partial charge in [0.25, 0.3) is 0 Å². The predicted octanol–water partition coefficient (Wildman–Crippen LogP) is 4.37. The van der Waals surface area contributed by atoms with Crippen LogP contribution in [0, 0.1) is 12.8 Å². The van der Waals surface area contributed by atoms with E-state index >= 15 is 0 Å². The molecule has 0 saturated carbocycles. The number of rotatable bonds is 5. The van der Waals surface area contributed by atoms with Crippen molar-refractivity contribution >= 4 is 34.5 Å². The number of hydrogen-bond donors (Lipinski definition) is 1. The van der Waals surface area contributed by atoms with Crippen molar-refractivity contribution in [3.63, 3.8) is 0 Å². The number of piperidine rings is 1. The standard InChI is InChI=1S/C25H24N6O2S/c1-16-8-10-19(11-9-16)31-22(32)13-12-20(23(31)21-7-4-14-34-21)25(33)26-18-6-3-5-17(15-18)24-27-28-29-30(24)2/h3-11,14-15,20,23H,12-13H2,1-2H3,(H,26,33). The maximum atomic E-state index is 13.6. The summed E-state index contributed by atoms with van der Waals surface area (Å²) in [7, 11) is 1.77. The van der Waals surface area contributed by atoms with E-state index in [-0.39, 0.29) is 17.9 Å². The van der Waals surface area contributed by atoms with Gasteiger partial charge in [-0.2, -0.15) is 0 Å². The molecule has 1 N–H and O–H groups in total. The van der Waals surface area contributed by atoms with E-state index in [1.54, 1.807) is 28.0 Å². The van der Waals surface area contributed by atoms with Crippen molar-refractivity contribution in [2.75, 3.05) is 10.2 Å². The molecule has 4 aromatic rings. The first kappa shape index (κ1) is 22.0. The Morgan fingerprint density at radius 1 is 1.12 bits per heavy atom. The monoisotopic (exact) mass is 472 g/mol. The number of hydrogen-bond acceptors (Lipinski definition) is 6. The molecule has 2 aromatic heterocycles. The minimum Gasteiger partial charge on any atom is -0.326 e. The molecule has 0 bridgehead atoms. The molecule has 0 radical (unpaired) electrons. The van der Waals surface area contributed by atoms with Crippen molar-refractivity contribution in [1.82, 2.24) is 20.2 Å². The Labute approximate surface area is 201 Å². The number of nitrogens with zero attached hydrogens (tertiary/aromatic N) is 5. The second-order valence-corrected chi connectivity index (χ2v) is 9.38. The third-order valence-electron chi connectivity index (χ3n) is 6.09. The fraction of sp³-hybridized carbons (Fsp3) is 0.240. The zero-order valence-corrected chi connectivity index (χ0v) is 19.7. The Hall–Kier alpha value is -3.85. The van der Waals surface area contributed by atoms with Gasteiger partial charge < -0.3 is 10.2 Å². The fourth-order valence-corrected chi connectivity index (χ4v) is 5.29. The van der Waals surface area contributed by atoms with E-state index in [1.807, 2.05) is 73.0 Å².